The van der Waals surface area contributed by atoms with Crippen LogP contribution in [0.1, 0.15) is 23.0 Å². The number of hydrogen-bond donors (Lipinski definition) is 1. The Morgan fingerprint density at radius 1 is 1.04 bits per heavy atom. The van der Waals surface area contributed by atoms with E-state index in [1.54, 1.807) is 30.3 Å². The predicted octanol–water partition coefficient (Wildman–Crippen LogP) is 4.29. The number of ketones is 1. The number of para-hydroxylation sites is 1. The molecule has 0 saturated carbocycles. The molecule has 0 aliphatic rings. The van der Waals surface area contributed by atoms with Crippen LogP contribution in [0.4, 0.5) is 5.69 Å². The Hall–Kier alpha value is -3.14. The molecule has 0 aliphatic carbocycles. The van der Waals surface area contributed by atoms with E-state index in [9.17, 15) is 9.59 Å². The fourth-order valence-electron chi connectivity index (χ4n) is 2.24. The monoisotopic (exact) mass is 305 g/mol. The van der Waals surface area contributed by atoms with Crippen LogP contribution in [-0.2, 0) is 4.79 Å². The van der Waals surface area contributed by atoms with Crippen LogP contribution in [0.25, 0.3) is 17.0 Å². The number of carbonyl (C=O) groups is 2. The number of nitrogens with one attached hydrogen (secondary N) is 1. The first-order valence-corrected chi connectivity index (χ1v) is 7.20. The topological polar surface area (TPSA) is 59.3 Å². The summed E-state index contributed by atoms with van der Waals surface area (Å²) in [5, 5.41) is 3.71. The molecule has 0 aliphatic heterocycles. The normalized spacial score (nSPS) is 11.0. The second-order valence-electron chi connectivity index (χ2n) is 5.15. The number of fused-ring (bicyclic) bond motifs is 1. The van der Waals surface area contributed by atoms with E-state index < -0.39 is 0 Å². The molecule has 3 aromatic rings. The molecule has 1 aromatic heterocycles. The van der Waals surface area contributed by atoms with Gasteiger partial charge in [-0.25, -0.2) is 0 Å². The van der Waals surface area contributed by atoms with Crippen molar-refractivity contribution in [2.24, 2.45) is 0 Å². The molecule has 4 heteroatoms. The zero-order valence-electron chi connectivity index (χ0n) is 12.6. The van der Waals surface area contributed by atoms with Crippen molar-refractivity contribution in [1.82, 2.24) is 0 Å². The number of furan rings is 1. The molecule has 0 saturated heterocycles. The summed E-state index contributed by atoms with van der Waals surface area (Å²) in [5.74, 6) is 0.281. The van der Waals surface area contributed by atoms with Crippen LogP contribution in [-0.4, -0.2) is 11.7 Å². The van der Waals surface area contributed by atoms with E-state index in [0.29, 0.717) is 17.0 Å². The van der Waals surface area contributed by atoms with E-state index in [-0.39, 0.29) is 11.7 Å². The van der Waals surface area contributed by atoms with Crippen molar-refractivity contribution in [3.05, 3.63) is 72.0 Å². The Kier molecular flexibility index (Phi) is 4.06. The summed E-state index contributed by atoms with van der Waals surface area (Å²) < 4.78 is 5.61. The Balaban J connectivity index is 1.71. The molecule has 0 unspecified atom stereocenters. The Labute approximate surface area is 133 Å². The Morgan fingerprint density at radius 3 is 2.65 bits per heavy atom. The molecule has 0 atom stereocenters. The van der Waals surface area contributed by atoms with E-state index in [2.05, 4.69) is 5.32 Å². The van der Waals surface area contributed by atoms with Gasteiger partial charge in [0.1, 0.15) is 11.3 Å². The molecular weight excluding hydrogens is 290 g/mol. The first kappa shape index (κ1) is 14.8. The number of rotatable bonds is 4. The molecule has 23 heavy (non-hydrogen) atoms. The van der Waals surface area contributed by atoms with Gasteiger partial charge in [0, 0.05) is 22.7 Å². The van der Waals surface area contributed by atoms with Crippen molar-refractivity contribution in [1.29, 1.82) is 0 Å². The molecule has 0 spiro atoms. The SMILES string of the molecule is CC(=O)c1cccc(NC(=O)/C=C/c2cc3ccccc3o2)c1. The minimum absolute atomic E-state index is 0.0427. The highest BCUT2D eigenvalue weighted by atomic mass is 16.3. The molecule has 1 amide bonds. The summed E-state index contributed by atoms with van der Waals surface area (Å²) >= 11 is 0. The van der Waals surface area contributed by atoms with Gasteiger partial charge in [-0.3, -0.25) is 9.59 Å². The van der Waals surface area contributed by atoms with Crippen molar-refractivity contribution in [2.45, 2.75) is 6.92 Å². The molecule has 1 heterocycles. The zero-order chi connectivity index (χ0) is 16.2. The zero-order valence-corrected chi connectivity index (χ0v) is 12.6. The van der Waals surface area contributed by atoms with E-state index in [0.717, 1.165) is 11.0 Å². The van der Waals surface area contributed by atoms with Crippen molar-refractivity contribution in [2.75, 3.05) is 5.32 Å². The first-order chi connectivity index (χ1) is 11.1. The molecule has 1 N–H and O–H groups in total. The number of Topliss-reactive ketones (excluding diaryl/α,β-unsaturated/α-hetero) is 1. The summed E-state index contributed by atoms with van der Waals surface area (Å²) in [4.78, 5) is 23.3. The van der Waals surface area contributed by atoms with Gasteiger partial charge >= 0.3 is 0 Å². The maximum absolute atomic E-state index is 12.0. The van der Waals surface area contributed by atoms with Crippen LogP contribution in [0.5, 0.6) is 0 Å². The fourth-order valence-corrected chi connectivity index (χ4v) is 2.24. The van der Waals surface area contributed by atoms with Crippen molar-refractivity contribution >= 4 is 34.4 Å². The predicted molar refractivity (Wildman–Crippen MR) is 90.3 cm³/mol. The van der Waals surface area contributed by atoms with Crippen LogP contribution >= 0.6 is 0 Å². The molecule has 3 rings (SSSR count). The standard InChI is InChI=1S/C19H15NO3/c1-13(21)14-6-4-7-16(11-14)20-19(22)10-9-17-12-15-5-2-3-8-18(15)23-17/h2-12H,1H3,(H,20,22)/b10-9+. The summed E-state index contributed by atoms with van der Waals surface area (Å²) in [7, 11) is 0. The quantitative estimate of drug-likeness (QED) is 0.578. The second kappa shape index (κ2) is 6.32. The number of benzene rings is 2. The van der Waals surface area contributed by atoms with Crippen LogP contribution in [0.15, 0.2) is 65.1 Å². The molecular formula is C19H15NO3. The highest BCUT2D eigenvalue weighted by Crippen LogP contribution is 2.19. The van der Waals surface area contributed by atoms with Gasteiger partial charge in [0.15, 0.2) is 5.78 Å². The van der Waals surface area contributed by atoms with Crippen LogP contribution in [0.2, 0.25) is 0 Å². The third kappa shape index (κ3) is 3.55. The summed E-state index contributed by atoms with van der Waals surface area (Å²) in [5.41, 5.74) is 1.92. The Bertz CT molecular complexity index is 873. The number of amides is 1. The minimum Gasteiger partial charge on any atom is -0.457 e. The van der Waals surface area contributed by atoms with Gasteiger partial charge in [0.05, 0.1) is 0 Å². The van der Waals surface area contributed by atoms with E-state index >= 15 is 0 Å². The third-order valence-corrected chi connectivity index (χ3v) is 3.38. The average molecular weight is 305 g/mol. The van der Waals surface area contributed by atoms with Crippen LogP contribution < -0.4 is 5.32 Å². The van der Waals surface area contributed by atoms with E-state index in [1.165, 1.54) is 13.0 Å². The minimum atomic E-state index is -0.286. The fraction of sp³-hybridized carbons (Fsp3) is 0.0526. The van der Waals surface area contributed by atoms with Gasteiger partial charge in [-0.05, 0) is 37.3 Å². The maximum Gasteiger partial charge on any atom is 0.248 e. The van der Waals surface area contributed by atoms with Gasteiger partial charge in [-0.15, -0.1) is 0 Å². The van der Waals surface area contributed by atoms with Gasteiger partial charge in [-0.1, -0.05) is 30.3 Å². The van der Waals surface area contributed by atoms with E-state index in [4.69, 9.17) is 4.42 Å². The maximum atomic E-state index is 12.0. The molecule has 0 fully saturated rings. The summed E-state index contributed by atoms with van der Waals surface area (Å²) in [6.07, 6.45) is 3.02. The first-order valence-electron chi connectivity index (χ1n) is 7.20. The number of anilines is 1. The molecule has 2 aromatic carbocycles. The van der Waals surface area contributed by atoms with Crippen LogP contribution in [0, 0.1) is 0 Å². The summed E-state index contributed by atoms with van der Waals surface area (Å²) in [6.45, 7) is 1.49. The molecule has 0 radical (unpaired) electrons. The van der Waals surface area contributed by atoms with Crippen LogP contribution in [0.3, 0.4) is 0 Å². The van der Waals surface area contributed by atoms with Crippen molar-refractivity contribution in [3.63, 3.8) is 0 Å². The lowest BCUT2D eigenvalue weighted by Gasteiger charge is -2.03. The van der Waals surface area contributed by atoms with Gasteiger partial charge in [-0.2, -0.15) is 0 Å². The highest BCUT2D eigenvalue weighted by molar-refractivity contribution is 6.03. The lowest BCUT2D eigenvalue weighted by atomic mass is 10.1. The highest BCUT2D eigenvalue weighted by Gasteiger charge is 2.04. The number of hydrogen-bond acceptors (Lipinski definition) is 3. The van der Waals surface area contributed by atoms with Gasteiger partial charge in [0.2, 0.25) is 5.91 Å². The van der Waals surface area contributed by atoms with Gasteiger partial charge in [0.25, 0.3) is 0 Å². The molecule has 0 bridgehead atoms. The Morgan fingerprint density at radius 2 is 1.87 bits per heavy atom. The van der Waals surface area contributed by atoms with Gasteiger partial charge < -0.3 is 9.73 Å². The third-order valence-electron chi connectivity index (χ3n) is 3.38. The number of carbonyl (C=O) groups excluding carboxylic acids is 2. The molecule has 114 valence electrons. The average Bonchev–Trinajstić information content (AvgIpc) is 2.96. The molecule has 4 nitrogen and oxygen atoms in total. The lowest BCUT2D eigenvalue weighted by Crippen LogP contribution is -2.08. The smallest absolute Gasteiger partial charge is 0.248 e. The van der Waals surface area contributed by atoms with E-state index in [1.807, 2.05) is 30.3 Å². The van der Waals surface area contributed by atoms with Crippen molar-refractivity contribution < 1.29 is 14.0 Å². The lowest BCUT2D eigenvalue weighted by molar-refractivity contribution is -0.111. The summed E-state index contributed by atoms with van der Waals surface area (Å²) in [6, 6.07) is 16.3. The second-order valence-corrected chi connectivity index (χ2v) is 5.15. The largest absolute Gasteiger partial charge is 0.457 e. The van der Waals surface area contributed by atoms with Crippen molar-refractivity contribution in [3.8, 4) is 0 Å².